The van der Waals surface area contributed by atoms with E-state index in [4.69, 9.17) is 4.84 Å². The van der Waals surface area contributed by atoms with Crippen LogP contribution in [0.25, 0.3) is 0 Å². The molecule has 0 saturated carbocycles. The lowest BCUT2D eigenvalue weighted by atomic mass is 9.96. The highest BCUT2D eigenvalue weighted by Crippen LogP contribution is 2.38. The second-order valence-corrected chi connectivity index (χ2v) is 8.38. The fourth-order valence-corrected chi connectivity index (χ4v) is 3.83. The van der Waals surface area contributed by atoms with Gasteiger partial charge >= 0.3 is 0 Å². The SMILES string of the molecule is CC1(C)Nc2ccc(F)cc2C(CC(=O)c2ccccc2)N(OCc2ccccc2)C1=O. The molecule has 1 atom stereocenters. The molecule has 0 bridgehead atoms. The Morgan fingerprint density at radius 1 is 1.03 bits per heavy atom. The van der Waals surface area contributed by atoms with Gasteiger partial charge in [0.25, 0.3) is 5.91 Å². The van der Waals surface area contributed by atoms with Crippen molar-refractivity contribution in [2.24, 2.45) is 0 Å². The van der Waals surface area contributed by atoms with Crippen molar-refractivity contribution >= 4 is 17.4 Å². The Balaban J connectivity index is 1.74. The van der Waals surface area contributed by atoms with Gasteiger partial charge in [0.2, 0.25) is 0 Å². The predicted molar refractivity (Wildman–Crippen MR) is 120 cm³/mol. The Kier molecular flexibility index (Phi) is 6.06. The van der Waals surface area contributed by atoms with Crippen LogP contribution in [0.4, 0.5) is 10.1 Å². The van der Waals surface area contributed by atoms with Crippen molar-refractivity contribution in [2.75, 3.05) is 5.32 Å². The summed E-state index contributed by atoms with van der Waals surface area (Å²) in [5.41, 5.74) is 1.48. The monoisotopic (exact) mass is 432 g/mol. The molecule has 0 radical (unpaired) electrons. The molecule has 32 heavy (non-hydrogen) atoms. The summed E-state index contributed by atoms with van der Waals surface area (Å²) in [5.74, 6) is -0.944. The molecule has 5 nitrogen and oxygen atoms in total. The molecule has 0 aromatic heterocycles. The maximum absolute atomic E-state index is 14.3. The number of Topliss-reactive ketones (excluding diaryl/α,β-unsaturated/α-hetero) is 1. The van der Waals surface area contributed by atoms with Gasteiger partial charge in [-0.15, -0.1) is 0 Å². The lowest BCUT2D eigenvalue weighted by Gasteiger charge is -2.33. The van der Waals surface area contributed by atoms with Crippen LogP contribution in [-0.2, 0) is 16.2 Å². The van der Waals surface area contributed by atoms with E-state index in [1.165, 1.54) is 17.2 Å². The lowest BCUT2D eigenvalue weighted by Crippen LogP contribution is -2.49. The van der Waals surface area contributed by atoms with E-state index in [0.717, 1.165) is 5.56 Å². The zero-order valence-electron chi connectivity index (χ0n) is 18.0. The molecule has 0 aliphatic carbocycles. The minimum atomic E-state index is -1.02. The quantitative estimate of drug-likeness (QED) is 0.537. The van der Waals surface area contributed by atoms with Crippen LogP contribution in [0.15, 0.2) is 78.9 Å². The number of rotatable bonds is 6. The minimum Gasteiger partial charge on any atom is -0.371 e. The number of ketones is 1. The summed E-state index contributed by atoms with van der Waals surface area (Å²) in [6, 6.07) is 21.8. The van der Waals surface area contributed by atoms with E-state index in [-0.39, 0.29) is 24.7 Å². The summed E-state index contributed by atoms with van der Waals surface area (Å²) in [6.07, 6.45) is -0.0429. The number of fused-ring (bicyclic) bond motifs is 1. The van der Waals surface area contributed by atoms with Crippen molar-refractivity contribution in [1.29, 1.82) is 0 Å². The van der Waals surface area contributed by atoms with Gasteiger partial charge in [0, 0.05) is 23.2 Å². The Morgan fingerprint density at radius 2 is 1.69 bits per heavy atom. The molecular formula is C26H25FN2O3. The van der Waals surface area contributed by atoms with Crippen molar-refractivity contribution in [3.63, 3.8) is 0 Å². The van der Waals surface area contributed by atoms with E-state index < -0.39 is 17.4 Å². The Hall–Kier alpha value is -3.51. The summed E-state index contributed by atoms with van der Waals surface area (Å²) in [7, 11) is 0. The zero-order chi connectivity index (χ0) is 22.7. The van der Waals surface area contributed by atoms with E-state index in [1.807, 2.05) is 36.4 Å². The van der Waals surface area contributed by atoms with Crippen molar-refractivity contribution in [3.05, 3.63) is 101 Å². The number of anilines is 1. The van der Waals surface area contributed by atoms with Crippen LogP contribution in [0.5, 0.6) is 0 Å². The maximum atomic E-state index is 14.3. The number of nitrogens with zero attached hydrogens (tertiary/aromatic N) is 1. The van der Waals surface area contributed by atoms with Crippen molar-refractivity contribution in [2.45, 2.75) is 38.5 Å². The number of hydroxylamine groups is 2. The zero-order valence-corrected chi connectivity index (χ0v) is 18.0. The molecule has 164 valence electrons. The summed E-state index contributed by atoms with van der Waals surface area (Å²) in [6.45, 7) is 3.62. The summed E-state index contributed by atoms with van der Waals surface area (Å²) in [4.78, 5) is 32.6. The first-order valence-electron chi connectivity index (χ1n) is 10.5. The molecule has 1 unspecified atom stereocenters. The molecule has 1 heterocycles. The van der Waals surface area contributed by atoms with Crippen LogP contribution in [0.2, 0.25) is 0 Å². The van der Waals surface area contributed by atoms with Crippen LogP contribution in [0.3, 0.4) is 0 Å². The molecule has 3 aromatic carbocycles. The third-order valence-corrected chi connectivity index (χ3v) is 5.53. The van der Waals surface area contributed by atoms with Gasteiger partial charge in [0.1, 0.15) is 18.0 Å². The highest BCUT2D eigenvalue weighted by Gasteiger charge is 2.42. The molecule has 1 aliphatic heterocycles. The summed E-state index contributed by atoms with van der Waals surface area (Å²) >= 11 is 0. The number of hydrogen-bond donors (Lipinski definition) is 1. The Morgan fingerprint density at radius 3 is 2.38 bits per heavy atom. The first-order chi connectivity index (χ1) is 15.3. The first kappa shape index (κ1) is 21.7. The molecule has 0 spiro atoms. The molecule has 3 aromatic rings. The number of nitrogens with one attached hydrogen (secondary N) is 1. The van der Waals surface area contributed by atoms with Gasteiger partial charge < -0.3 is 5.32 Å². The van der Waals surface area contributed by atoms with Gasteiger partial charge in [-0.05, 0) is 37.6 Å². The molecule has 1 amide bonds. The average Bonchev–Trinajstić information content (AvgIpc) is 2.87. The Bertz CT molecular complexity index is 1120. The summed E-state index contributed by atoms with van der Waals surface area (Å²) < 4.78 is 14.3. The van der Waals surface area contributed by atoms with Crippen molar-refractivity contribution in [3.8, 4) is 0 Å². The third kappa shape index (κ3) is 4.55. The Labute approximate surface area is 186 Å². The molecular weight excluding hydrogens is 407 g/mol. The largest absolute Gasteiger partial charge is 0.371 e. The van der Waals surface area contributed by atoms with Crippen molar-refractivity contribution < 1.29 is 18.8 Å². The highest BCUT2D eigenvalue weighted by molar-refractivity contribution is 5.97. The fraction of sp³-hybridized carbons (Fsp3) is 0.231. The lowest BCUT2D eigenvalue weighted by molar-refractivity contribution is -0.209. The van der Waals surface area contributed by atoms with Crippen LogP contribution in [0, 0.1) is 5.82 Å². The minimum absolute atomic E-state index is 0.0429. The van der Waals surface area contributed by atoms with Crippen LogP contribution in [-0.4, -0.2) is 22.3 Å². The molecule has 0 saturated heterocycles. The number of amides is 1. The van der Waals surface area contributed by atoms with Gasteiger partial charge in [-0.3, -0.25) is 14.4 Å². The van der Waals surface area contributed by atoms with E-state index >= 15 is 0 Å². The molecule has 4 rings (SSSR count). The second kappa shape index (κ2) is 8.93. The average molecular weight is 432 g/mol. The number of carbonyl (C=O) groups is 2. The molecule has 1 aliphatic rings. The van der Waals surface area contributed by atoms with Gasteiger partial charge in [0.05, 0.1) is 6.04 Å². The molecule has 1 N–H and O–H groups in total. The van der Waals surface area contributed by atoms with Gasteiger partial charge in [-0.25, -0.2) is 9.45 Å². The highest BCUT2D eigenvalue weighted by atomic mass is 19.1. The van der Waals surface area contributed by atoms with Crippen LogP contribution in [0.1, 0.15) is 47.8 Å². The van der Waals surface area contributed by atoms with Crippen LogP contribution < -0.4 is 5.32 Å². The predicted octanol–water partition coefficient (Wildman–Crippen LogP) is 5.30. The smallest absolute Gasteiger partial charge is 0.271 e. The van der Waals surface area contributed by atoms with E-state index in [9.17, 15) is 14.0 Å². The second-order valence-electron chi connectivity index (χ2n) is 8.38. The number of halogens is 1. The molecule has 6 heteroatoms. The summed E-state index contributed by atoms with van der Waals surface area (Å²) in [5, 5.41) is 4.44. The van der Waals surface area contributed by atoms with Gasteiger partial charge in [-0.2, -0.15) is 0 Å². The normalized spacial score (nSPS) is 17.3. The van der Waals surface area contributed by atoms with E-state index in [0.29, 0.717) is 16.8 Å². The van der Waals surface area contributed by atoms with Crippen LogP contribution >= 0.6 is 0 Å². The first-order valence-corrected chi connectivity index (χ1v) is 10.5. The third-order valence-electron chi connectivity index (χ3n) is 5.53. The van der Waals surface area contributed by atoms with Crippen molar-refractivity contribution in [1.82, 2.24) is 5.06 Å². The number of carbonyl (C=O) groups excluding carboxylic acids is 2. The van der Waals surface area contributed by atoms with E-state index in [1.54, 1.807) is 44.2 Å². The number of benzene rings is 3. The van der Waals surface area contributed by atoms with Gasteiger partial charge in [-0.1, -0.05) is 60.7 Å². The topological polar surface area (TPSA) is 58.6 Å². The van der Waals surface area contributed by atoms with E-state index in [2.05, 4.69) is 5.32 Å². The molecule has 0 fully saturated rings. The maximum Gasteiger partial charge on any atom is 0.271 e. The van der Waals surface area contributed by atoms with Gasteiger partial charge in [0.15, 0.2) is 5.78 Å². The standard InChI is InChI=1S/C26H25FN2O3/c1-26(2)25(31)29(32-17-18-9-5-3-6-10-18)23(16-24(30)19-11-7-4-8-12-19)21-15-20(27)13-14-22(21)28-26/h3-15,23,28H,16-17H2,1-2H3. The number of hydrogen-bond acceptors (Lipinski definition) is 4. The fourth-order valence-electron chi connectivity index (χ4n) is 3.83.